The van der Waals surface area contributed by atoms with E-state index in [0.717, 1.165) is 6.07 Å². The van der Waals surface area contributed by atoms with Crippen LogP contribution < -0.4 is 20.1 Å². The normalized spacial score (nSPS) is 28.7. The highest BCUT2D eigenvalue weighted by Gasteiger charge is 2.49. The van der Waals surface area contributed by atoms with E-state index in [4.69, 9.17) is 37.4 Å². The number of hydrogen-bond acceptors (Lipinski definition) is 6. The maximum absolute atomic E-state index is 13.5. The zero-order valence-corrected chi connectivity index (χ0v) is 19.9. The third-order valence-corrected chi connectivity index (χ3v) is 7.03. The van der Waals surface area contributed by atoms with Crippen molar-refractivity contribution in [3.63, 3.8) is 0 Å². The Hall–Kier alpha value is -2.59. The first-order valence-corrected chi connectivity index (χ1v) is 12.0. The first kappa shape index (κ1) is 24.1. The van der Waals surface area contributed by atoms with Crippen LogP contribution in [0.25, 0.3) is 0 Å². The van der Waals surface area contributed by atoms with Gasteiger partial charge in [-0.3, -0.25) is 9.59 Å². The maximum Gasteiger partial charge on any atom is 0.261 e. The Morgan fingerprint density at radius 3 is 2.51 bits per heavy atom. The van der Waals surface area contributed by atoms with E-state index in [-0.39, 0.29) is 59.9 Å². The molecule has 2 bridgehead atoms. The van der Waals surface area contributed by atoms with Crippen molar-refractivity contribution in [2.45, 2.75) is 55.8 Å². The zero-order valence-electron chi connectivity index (χ0n) is 18.4. The lowest BCUT2D eigenvalue weighted by Crippen LogP contribution is -2.52. The average molecular weight is 525 g/mol. The number of carbonyl (C=O) groups excluding carboxylic acids is 2. The minimum Gasteiger partial charge on any atom is -0.484 e. The van der Waals surface area contributed by atoms with E-state index in [1.807, 2.05) is 0 Å². The first-order chi connectivity index (χ1) is 16.8. The number of fused-ring (bicyclic) bond motifs is 3. The molecule has 0 unspecified atom stereocenters. The van der Waals surface area contributed by atoms with Crippen LogP contribution in [0.3, 0.4) is 0 Å². The molecular weight excluding hydrogens is 502 g/mol. The van der Waals surface area contributed by atoms with Crippen LogP contribution in [0, 0.1) is 5.82 Å². The fourth-order valence-corrected chi connectivity index (χ4v) is 5.08. The van der Waals surface area contributed by atoms with Gasteiger partial charge in [-0.1, -0.05) is 23.2 Å². The van der Waals surface area contributed by atoms with Gasteiger partial charge in [-0.2, -0.15) is 0 Å². The zero-order chi connectivity index (χ0) is 24.7. The van der Waals surface area contributed by atoms with Crippen LogP contribution in [-0.4, -0.2) is 53.9 Å². The highest BCUT2D eigenvalue weighted by molar-refractivity contribution is 6.31. The topological polar surface area (TPSA) is 106 Å². The molecule has 35 heavy (non-hydrogen) atoms. The number of benzene rings is 2. The molecular formula is C24H23Cl2FN2O6. The van der Waals surface area contributed by atoms with E-state index in [1.54, 1.807) is 18.2 Å². The number of aliphatic hydroxyl groups is 1. The highest BCUT2D eigenvalue weighted by Crippen LogP contribution is 2.38. The first-order valence-electron chi connectivity index (χ1n) is 11.2. The summed E-state index contributed by atoms with van der Waals surface area (Å²) >= 11 is 11.6. The van der Waals surface area contributed by atoms with E-state index >= 15 is 0 Å². The fourth-order valence-electron chi connectivity index (χ4n) is 4.78. The van der Waals surface area contributed by atoms with Crippen LogP contribution in [0.4, 0.5) is 4.39 Å². The van der Waals surface area contributed by atoms with Gasteiger partial charge in [-0.05, 0) is 43.2 Å². The number of nitrogens with one attached hydrogen (secondary N) is 2. The summed E-state index contributed by atoms with van der Waals surface area (Å²) in [5, 5.41) is 16.7. The second-order valence-electron chi connectivity index (χ2n) is 8.88. The Labute approximate surface area is 210 Å². The Bertz CT molecular complexity index is 1150. The number of halogens is 3. The quantitative estimate of drug-likeness (QED) is 0.536. The molecule has 11 heteroatoms. The Morgan fingerprint density at radius 1 is 1.06 bits per heavy atom. The van der Waals surface area contributed by atoms with E-state index in [1.165, 1.54) is 12.1 Å². The number of aliphatic hydroxyl groups excluding tert-OH is 1. The second-order valence-corrected chi connectivity index (χ2v) is 9.72. The molecule has 0 saturated carbocycles. The summed E-state index contributed by atoms with van der Waals surface area (Å²) < 4.78 is 30.5. The summed E-state index contributed by atoms with van der Waals surface area (Å²) in [7, 11) is 0. The van der Waals surface area contributed by atoms with Crippen molar-refractivity contribution in [1.82, 2.24) is 10.6 Å². The lowest BCUT2D eigenvalue weighted by atomic mass is 9.90. The Morgan fingerprint density at radius 2 is 1.80 bits per heavy atom. The molecule has 2 aromatic rings. The van der Waals surface area contributed by atoms with E-state index < -0.39 is 18.0 Å². The van der Waals surface area contributed by atoms with Gasteiger partial charge in [0.1, 0.15) is 17.3 Å². The molecule has 3 aliphatic rings. The molecule has 2 saturated heterocycles. The summed E-state index contributed by atoms with van der Waals surface area (Å²) in [5.74, 6) is -0.667. The van der Waals surface area contributed by atoms with Gasteiger partial charge in [-0.25, -0.2) is 4.39 Å². The predicted molar refractivity (Wildman–Crippen MR) is 124 cm³/mol. The molecule has 3 N–H and O–H groups in total. The number of ether oxygens (including phenoxy) is 3. The SMILES string of the molecule is O=C(COc1ccc(Cl)c(F)c1)N[C@H]1C[C@H]2O[C@@H]1C[C@@H]2NC(=O)[C@@H]1C[C@H](O)c2cc(Cl)ccc2O1. The molecule has 186 valence electrons. The van der Waals surface area contributed by atoms with Gasteiger partial charge in [0.15, 0.2) is 12.7 Å². The summed E-state index contributed by atoms with van der Waals surface area (Å²) in [6, 6.07) is 8.44. The summed E-state index contributed by atoms with van der Waals surface area (Å²) in [6.45, 7) is -0.275. The van der Waals surface area contributed by atoms with Crippen molar-refractivity contribution >= 4 is 35.0 Å². The number of amides is 2. The fraction of sp³-hybridized carbons (Fsp3) is 0.417. The second kappa shape index (κ2) is 9.81. The van der Waals surface area contributed by atoms with Crippen LogP contribution in [0.5, 0.6) is 11.5 Å². The standard InChI is InChI=1S/C24H23Cl2FN2O6/c25-11-1-4-19-13(5-11)18(30)9-22(34-19)24(32)29-17-8-20-16(7-21(17)35-20)28-23(31)10-33-12-2-3-14(26)15(27)6-12/h1-6,16-18,20-22,30H,7-10H2,(H,28,31)(H,29,32)/t16-,17-,18-,20+,21+,22-/m0/s1. The molecule has 3 heterocycles. The minimum absolute atomic E-state index is 0.0245. The molecule has 0 aromatic heterocycles. The molecule has 0 spiro atoms. The van der Waals surface area contributed by atoms with Crippen molar-refractivity contribution < 1.29 is 33.3 Å². The highest BCUT2D eigenvalue weighted by atomic mass is 35.5. The molecule has 6 atom stereocenters. The van der Waals surface area contributed by atoms with Crippen molar-refractivity contribution in [2.75, 3.05) is 6.61 Å². The van der Waals surface area contributed by atoms with Crippen molar-refractivity contribution in [1.29, 1.82) is 0 Å². The van der Waals surface area contributed by atoms with E-state index in [2.05, 4.69) is 10.6 Å². The van der Waals surface area contributed by atoms with Gasteiger partial charge in [0, 0.05) is 23.1 Å². The van der Waals surface area contributed by atoms with Crippen LogP contribution in [0.2, 0.25) is 10.0 Å². The molecule has 0 radical (unpaired) electrons. The van der Waals surface area contributed by atoms with Crippen LogP contribution in [-0.2, 0) is 14.3 Å². The average Bonchev–Trinajstić information content (AvgIpc) is 3.40. The maximum atomic E-state index is 13.5. The summed E-state index contributed by atoms with van der Waals surface area (Å²) in [6.07, 6.45) is -0.989. The van der Waals surface area contributed by atoms with Crippen LogP contribution in [0.1, 0.15) is 30.9 Å². The predicted octanol–water partition coefficient (Wildman–Crippen LogP) is 2.93. The Balaban J connectivity index is 1.09. The minimum atomic E-state index is -0.851. The molecule has 2 aromatic carbocycles. The number of rotatable bonds is 6. The molecule has 0 aliphatic carbocycles. The van der Waals surface area contributed by atoms with Crippen LogP contribution in [0.15, 0.2) is 36.4 Å². The van der Waals surface area contributed by atoms with Gasteiger partial charge in [0.2, 0.25) is 0 Å². The number of hydrogen-bond donors (Lipinski definition) is 3. The lowest BCUT2D eigenvalue weighted by Gasteiger charge is -2.31. The van der Waals surface area contributed by atoms with Gasteiger partial charge < -0.3 is 30.0 Å². The van der Waals surface area contributed by atoms with Gasteiger partial charge >= 0.3 is 0 Å². The van der Waals surface area contributed by atoms with Crippen molar-refractivity contribution in [2.24, 2.45) is 0 Å². The van der Waals surface area contributed by atoms with Gasteiger partial charge in [0.05, 0.1) is 35.4 Å². The lowest BCUT2D eigenvalue weighted by molar-refractivity contribution is -0.131. The van der Waals surface area contributed by atoms with Crippen molar-refractivity contribution in [3.05, 3.63) is 57.8 Å². The molecule has 2 fully saturated rings. The van der Waals surface area contributed by atoms with E-state index in [9.17, 15) is 19.1 Å². The molecule has 3 aliphatic heterocycles. The number of carbonyl (C=O) groups is 2. The van der Waals surface area contributed by atoms with E-state index in [0.29, 0.717) is 29.2 Å². The third kappa shape index (κ3) is 5.18. The smallest absolute Gasteiger partial charge is 0.261 e. The largest absolute Gasteiger partial charge is 0.484 e. The summed E-state index contributed by atoms with van der Waals surface area (Å²) in [5.41, 5.74) is 0.563. The van der Waals surface area contributed by atoms with Gasteiger partial charge in [0.25, 0.3) is 11.8 Å². The van der Waals surface area contributed by atoms with Crippen LogP contribution >= 0.6 is 23.2 Å². The molecule has 5 rings (SSSR count). The molecule has 8 nitrogen and oxygen atoms in total. The van der Waals surface area contributed by atoms with Crippen molar-refractivity contribution in [3.8, 4) is 11.5 Å². The third-order valence-electron chi connectivity index (χ3n) is 6.48. The monoisotopic (exact) mass is 524 g/mol. The van der Waals surface area contributed by atoms with Gasteiger partial charge in [-0.15, -0.1) is 0 Å². The Kier molecular flexibility index (Phi) is 6.76. The summed E-state index contributed by atoms with van der Waals surface area (Å²) in [4.78, 5) is 25.1. The molecule has 2 amide bonds.